The molecule has 2 aromatic rings. The minimum absolute atomic E-state index is 0.218. The number of aliphatic carboxylic acids is 1. The van der Waals surface area contributed by atoms with Crippen LogP contribution in [-0.2, 0) is 11.2 Å². The molecule has 2 unspecified atom stereocenters. The molecule has 1 N–H and O–H groups in total. The predicted molar refractivity (Wildman–Crippen MR) is 92.7 cm³/mol. The van der Waals surface area contributed by atoms with E-state index in [1.165, 1.54) is 25.3 Å². The zero-order valence-corrected chi connectivity index (χ0v) is 14.6. The van der Waals surface area contributed by atoms with E-state index >= 15 is 0 Å². The second-order valence-corrected chi connectivity index (χ2v) is 6.59. The lowest BCUT2D eigenvalue weighted by Crippen LogP contribution is -2.17. The molecule has 2 atom stereocenters. The first-order valence-electron chi connectivity index (χ1n) is 8.53. The molecule has 0 saturated heterocycles. The molecule has 144 valence electrons. The van der Waals surface area contributed by atoms with E-state index in [1.807, 2.05) is 24.3 Å². The number of alkyl halides is 3. The maximum absolute atomic E-state index is 12.5. The number of methoxy groups -OCH3 is 1. The molecule has 7 heteroatoms. The number of halogens is 3. The lowest BCUT2D eigenvalue weighted by atomic mass is 10.00. The Morgan fingerprint density at radius 1 is 1.19 bits per heavy atom. The Labute approximate surface area is 154 Å². The van der Waals surface area contributed by atoms with Gasteiger partial charge in [-0.05, 0) is 54.5 Å². The lowest BCUT2D eigenvalue weighted by Gasteiger charge is -2.13. The van der Waals surface area contributed by atoms with Gasteiger partial charge in [0, 0.05) is 5.56 Å². The molecule has 3 rings (SSSR count). The summed E-state index contributed by atoms with van der Waals surface area (Å²) in [6.07, 6.45) is -2.44. The molecule has 0 radical (unpaired) electrons. The number of aryl methyl sites for hydroxylation is 1. The highest BCUT2D eigenvalue weighted by molar-refractivity contribution is 5.73. The van der Waals surface area contributed by atoms with Gasteiger partial charge in [-0.15, -0.1) is 13.2 Å². The van der Waals surface area contributed by atoms with Crippen molar-refractivity contribution in [1.29, 1.82) is 0 Å². The number of hydrogen-bond donors (Lipinski definition) is 1. The highest BCUT2D eigenvalue weighted by atomic mass is 19.4. The Balaban J connectivity index is 1.72. The highest BCUT2D eigenvalue weighted by Crippen LogP contribution is 2.42. The van der Waals surface area contributed by atoms with Gasteiger partial charge in [-0.1, -0.05) is 24.3 Å². The smallest absolute Gasteiger partial charge is 0.496 e. The Morgan fingerprint density at radius 3 is 2.44 bits per heavy atom. The van der Waals surface area contributed by atoms with Gasteiger partial charge in [-0.25, -0.2) is 0 Å². The fourth-order valence-electron chi connectivity index (χ4n) is 3.18. The van der Waals surface area contributed by atoms with Crippen LogP contribution in [0.1, 0.15) is 18.4 Å². The Bertz CT molecular complexity index is 815. The maximum Gasteiger partial charge on any atom is 0.573 e. The van der Waals surface area contributed by atoms with Crippen molar-refractivity contribution in [1.82, 2.24) is 0 Å². The topological polar surface area (TPSA) is 55.8 Å². The van der Waals surface area contributed by atoms with Crippen molar-refractivity contribution in [2.45, 2.75) is 25.6 Å². The quantitative estimate of drug-likeness (QED) is 0.741. The summed E-state index contributed by atoms with van der Waals surface area (Å²) in [5.74, 6) is -0.581. The molecule has 0 spiro atoms. The molecule has 1 fully saturated rings. The lowest BCUT2D eigenvalue weighted by molar-refractivity contribution is -0.274. The molecule has 1 aliphatic rings. The van der Waals surface area contributed by atoms with Gasteiger partial charge in [0.15, 0.2) is 0 Å². The molecule has 4 nitrogen and oxygen atoms in total. The van der Waals surface area contributed by atoms with Crippen molar-refractivity contribution >= 4 is 5.97 Å². The molecule has 0 heterocycles. The molecule has 2 aromatic carbocycles. The molecular formula is C20H19F3O4. The minimum atomic E-state index is -4.76. The summed E-state index contributed by atoms with van der Waals surface area (Å²) in [6, 6.07) is 11.3. The third-order valence-corrected chi connectivity index (χ3v) is 4.71. The van der Waals surface area contributed by atoms with E-state index in [9.17, 15) is 18.0 Å². The highest BCUT2D eigenvalue weighted by Gasteiger charge is 2.42. The van der Waals surface area contributed by atoms with Gasteiger partial charge >= 0.3 is 12.3 Å². The van der Waals surface area contributed by atoms with Crippen molar-refractivity contribution in [3.05, 3.63) is 48.0 Å². The first kappa shape index (κ1) is 19.1. The van der Waals surface area contributed by atoms with Crippen LogP contribution in [0.2, 0.25) is 0 Å². The molecule has 0 aromatic heterocycles. The van der Waals surface area contributed by atoms with Crippen LogP contribution in [0.25, 0.3) is 11.1 Å². The number of carbonyl (C=O) groups is 1. The van der Waals surface area contributed by atoms with Gasteiger partial charge < -0.3 is 14.6 Å². The van der Waals surface area contributed by atoms with Crippen LogP contribution in [0.4, 0.5) is 13.2 Å². The summed E-state index contributed by atoms with van der Waals surface area (Å²) in [5.41, 5.74) is 2.26. The van der Waals surface area contributed by atoms with E-state index in [4.69, 9.17) is 9.84 Å². The Hall–Kier alpha value is -2.70. The van der Waals surface area contributed by atoms with Gasteiger partial charge in [-0.2, -0.15) is 0 Å². The fraction of sp³-hybridized carbons (Fsp3) is 0.350. The van der Waals surface area contributed by atoms with Crippen LogP contribution < -0.4 is 9.47 Å². The summed E-state index contributed by atoms with van der Waals surface area (Å²) < 4.78 is 46.6. The van der Waals surface area contributed by atoms with Gasteiger partial charge in [0.25, 0.3) is 0 Å². The van der Waals surface area contributed by atoms with Crippen molar-refractivity contribution in [3.63, 3.8) is 0 Å². The van der Waals surface area contributed by atoms with Crippen LogP contribution in [0.5, 0.6) is 11.5 Å². The summed E-state index contributed by atoms with van der Waals surface area (Å²) in [6.45, 7) is 0. The van der Waals surface area contributed by atoms with E-state index in [0.717, 1.165) is 24.8 Å². The zero-order chi connectivity index (χ0) is 19.6. The minimum Gasteiger partial charge on any atom is -0.496 e. The summed E-state index contributed by atoms with van der Waals surface area (Å²) in [5, 5.41) is 8.93. The van der Waals surface area contributed by atoms with E-state index in [-0.39, 0.29) is 17.6 Å². The number of rotatable bonds is 7. The number of benzene rings is 2. The van der Waals surface area contributed by atoms with Crippen LogP contribution in [0.3, 0.4) is 0 Å². The van der Waals surface area contributed by atoms with Crippen LogP contribution in [-0.4, -0.2) is 24.5 Å². The summed E-state index contributed by atoms with van der Waals surface area (Å²) in [7, 11) is 1.45. The van der Waals surface area contributed by atoms with Gasteiger partial charge in [0.2, 0.25) is 0 Å². The molecule has 1 aliphatic carbocycles. The summed E-state index contributed by atoms with van der Waals surface area (Å²) in [4.78, 5) is 10.9. The summed E-state index contributed by atoms with van der Waals surface area (Å²) >= 11 is 0. The van der Waals surface area contributed by atoms with Gasteiger partial charge in [-0.3, -0.25) is 4.79 Å². The second-order valence-electron chi connectivity index (χ2n) is 6.59. The third-order valence-electron chi connectivity index (χ3n) is 4.71. The second kappa shape index (κ2) is 7.50. The third kappa shape index (κ3) is 4.93. The molecule has 0 bridgehead atoms. The van der Waals surface area contributed by atoms with Crippen LogP contribution in [0, 0.1) is 11.8 Å². The molecular weight excluding hydrogens is 361 g/mol. The van der Waals surface area contributed by atoms with E-state index < -0.39 is 12.3 Å². The average Bonchev–Trinajstić information content (AvgIpc) is 3.39. The molecule has 1 saturated carbocycles. The van der Waals surface area contributed by atoms with Crippen LogP contribution >= 0.6 is 0 Å². The average molecular weight is 380 g/mol. The SMILES string of the molecule is COc1ccc(OC(F)(F)F)cc1-c1ccc(CCC2CC2C(=O)O)cc1. The van der Waals surface area contributed by atoms with E-state index in [1.54, 1.807) is 0 Å². The van der Waals surface area contributed by atoms with Crippen molar-refractivity contribution in [2.24, 2.45) is 11.8 Å². The standard InChI is InChI=1S/C20H19F3O4/c1-26-18-9-8-15(27-20(21,22)23)11-16(18)13-5-2-12(3-6-13)4-7-14-10-17(14)19(24)25/h2-3,5-6,8-9,11,14,17H,4,7,10H2,1H3,(H,24,25). The first-order chi connectivity index (χ1) is 12.8. The maximum atomic E-state index is 12.5. The molecule has 0 aliphatic heterocycles. The molecule has 27 heavy (non-hydrogen) atoms. The van der Waals surface area contributed by atoms with Gasteiger partial charge in [0.1, 0.15) is 11.5 Å². The number of carboxylic acids is 1. The zero-order valence-electron chi connectivity index (χ0n) is 14.6. The Kier molecular flexibility index (Phi) is 5.30. The predicted octanol–water partition coefficient (Wildman–Crippen LogP) is 4.91. The van der Waals surface area contributed by atoms with Crippen molar-refractivity contribution in [2.75, 3.05) is 7.11 Å². The first-order valence-corrected chi connectivity index (χ1v) is 8.53. The van der Waals surface area contributed by atoms with E-state index in [2.05, 4.69) is 4.74 Å². The normalized spacial score (nSPS) is 18.8. The van der Waals surface area contributed by atoms with E-state index in [0.29, 0.717) is 16.9 Å². The fourth-order valence-corrected chi connectivity index (χ4v) is 3.18. The van der Waals surface area contributed by atoms with Crippen molar-refractivity contribution < 1.29 is 32.5 Å². The Morgan fingerprint density at radius 2 is 1.89 bits per heavy atom. The largest absolute Gasteiger partial charge is 0.573 e. The number of hydrogen-bond acceptors (Lipinski definition) is 3. The van der Waals surface area contributed by atoms with Gasteiger partial charge in [0.05, 0.1) is 13.0 Å². The monoisotopic (exact) mass is 380 g/mol. The number of ether oxygens (including phenoxy) is 2. The molecule has 0 amide bonds. The van der Waals surface area contributed by atoms with Crippen molar-refractivity contribution in [3.8, 4) is 22.6 Å². The van der Waals surface area contributed by atoms with Crippen LogP contribution in [0.15, 0.2) is 42.5 Å². The number of carboxylic acid groups (broad SMARTS) is 1.